The third-order valence-electron chi connectivity index (χ3n) is 3.69. The lowest BCUT2D eigenvalue weighted by atomic mass is 10.2. The van der Waals surface area contributed by atoms with E-state index in [0.717, 1.165) is 12.4 Å². The zero-order valence-corrected chi connectivity index (χ0v) is 15.5. The number of ether oxygens (including phenoxy) is 2. The minimum Gasteiger partial charge on any atom is -0.493 e. The molecule has 3 rings (SSSR count). The lowest BCUT2D eigenvalue weighted by molar-refractivity contribution is -0.385. The maximum atomic E-state index is 10.7. The van der Waals surface area contributed by atoms with Crippen molar-refractivity contribution in [2.45, 2.75) is 0 Å². The van der Waals surface area contributed by atoms with Gasteiger partial charge in [0.25, 0.3) is 11.4 Å². The van der Waals surface area contributed by atoms with Crippen LogP contribution in [0.5, 0.6) is 17.4 Å². The second-order valence-corrected chi connectivity index (χ2v) is 5.65. The standard InChI is InChI=1S/C18H14N6O6/c1-29-16-8-12(9-21-22-17-6-3-13(10-19-17)23(25)26)2-5-15(16)30-18-7-4-14(11-20-18)24(27)28/h2-11H,1H3,(H,19,22). The molecule has 30 heavy (non-hydrogen) atoms. The summed E-state index contributed by atoms with van der Waals surface area (Å²) in [5.74, 6) is 1.27. The van der Waals surface area contributed by atoms with Gasteiger partial charge >= 0.3 is 0 Å². The summed E-state index contributed by atoms with van der Waals surface area (Å²) in [6.45, 7) is 0. The molecule has 0 amide bonds. The molecular formula is C18H14N6O6. The number of methoxy groups -OCH3 is 1. The molecule has 0 spiro atoms. The first-order chi connectivity index (χ1) is 14.5. The summed E-state index contributed by atoms with van der Waals surface area (Å²) in [5.41, 5.74) is 3.07. The van der Waals surface area contributed by atoms with Gasteiger partial charge in [0.2, 0.25) is 5.88 Å². The molecule has 1 N–H and O–H groups in total. The molecule has 12 nitrogen and oxygen atoms in total. The Kier molecular flexibility index (Phi) is 6.08. The van der Waals surface area contributed by atoms with E-state index in [0.29, 0.717) is 22.9 Å². The van der Waals surface area contributed by atoms with Crippen LogP contribution in [0.1, 0.15) is 5.56 Å². The van der Waals surface area contributed by atoms with Crippen molar-refractivity contribution in [3.05, 3.63) is 80.7 Å². The van der Waals surface area contributed by atoms with Crippen LogP contribution < -0.4 is 14.9 Å². The van der Waals surface area contributed by atoms with Gasteiger partial charge in [0.15, 0.2) is 11.5 Å². The molecule has 0 fully saturated rings. The van der Waals surface area contributed by atoms with Crippen LogP contribution in [-0.2, 0) is 0 Å². The van der Waals surface area contributed by atoms with Crippen molar-refractivity contribution in [2.24, 2.45) is 5.10 Å². The van der Waals surface area contributed by atoms with Crippen LogP contribution >= 0.6 is 0 Å². The maximum absolute atomic E-state index is 10.7. The van der Waals surface area contributed by atoms with Gasteiger partial charge in [0, 0.05) is 18.2 Å². The number of anilines is 1. The van der Waals surface area contributed by atoms with Crippen molar-refractivity contribution >= 4 is 23.4 Å². The molecule has 12 heteroatoms. The maximum Gasteiger partial charge on any atom is 0.287 e. The number of rotatable bonds is 8. The Morgan fingerprint density at radius 3 is 2.23 bits per heavy atom. The molecule has 2 heterocycles. The lowest BCUT2D eigenvalue weighted by Crippen LogP contribution is -1.96. The summed E-state index contributed by atoms with van der Waals surface area (Å²) < 4.78 is 10.9. The first-order valence-electron chi connectivity index (χ1n) is 8.32. The second-order valence-electron chi connectivity index (χ2n) is 5.65. The fraction of sp³-hybridized carbons (Fsp3) is 0.0556. The summed E-state index contributed by atoms with van der Waals surface area (Å²) in [4.78, 5) is 28.0. The second kappa shape index (κ2) is 9.05. The molecule has 0 bridgehead atoms. The van der Waals surface area contributed by atoms with Crippen molar-refractivity contribution < 1.29 is 19.3 Å². The van der Waals surface area contributed by atoms with Gasteiger partial charge in [0.05, 0.1) is 23.2 Å². The molecule has 0 unspecified atom stereocenters. The van der Waals surface area contributed by atoms with Gasteiger partial charge in [-0.05, 0) is 29.8 Å². The van der Waals surface area contributed by atoms with Crippen molar-refractivity contribution in [1.82, 2.24) is 9.97 Å². The fourth-order valence-electron chi connectivity index (χ4n) is 2.24. The van der Waals surface area contributed by atoms with Crippen molar-refractivity contribution in [2.75, 3.05) is 12.5 Å². The van der Waals surface area contributed by atoms with E-state index in [9.17, 15) is 20.2 Å². The number of pyridine rings is 2. The number of nitrogens with one attached hydrogen (secondary N) is 1. The summed E-state index contributed by atoms with van der Waals surface area (Å²) in [5, 5.41) is 25.3. The SMILES string of the molecule is COc1cc(C=NNc2ccc([N+](=O)[O-])cn2)ccc1Oc1ccc([N+](=O)[O-])cn1. The zero-order chi connectivity index (χ0) is 21.5. The Labute approximate surface area is 169 Å². The van der Waals surface area contributed by atoms with Gasteiger partial charge in [-0.25, -0.2) is 9.97 Å². The minimum atomic E-state index is -0.550. The number of hydrogen-bond acceptors (Lipinski definition) is 10. The van der Waals surface area contributed by atoms with Crippen LogP contribution in [-0.4, -0.2) is 33.1 Å². The predicted octanol–water partition coefficient (Wildman–Crippen LogP) is 3.54. The quantitative estimate of drug-likeness (QED) is 0.333. The van der Waals surface area contributed by atoms with Crippen LogP contribution in [0, 0.1) is 20.2 Å². The van der Waals surface area contributed by atoms with E-state index in [1.807, 2.05) is 0 Å². The average Bonchev–Trinajstić information content (AvgIpc) is 2.75. The van der Waals surface area contributed by atoms with E-state index >= 15 is 0 Å². The third kappa shape index (κ3) is 5.01. The summed E-state index contributed by atoms with van der Waals surface area (Å²) in [6.07, 6.45) is 3.72. The zero-order valence-electron chi connectivity index (χ0n) is 15.5. The summed E-state index contributed by atoms with van der Waals surface area (Å²) in [6, 6.07) is 10.4. The van der Waals surface area contributed by atoms with E-state index in [1.54, 1.807) is 18.2 Å². The largest absolute Gasteiger partial charge is 0.493 e. The molecule has 0 aliphatic heterocycles. The highest BCUT2D eigenvalue weighted by molar-refractivity contribution is 5.81. The smallest absolute Gasteiger partial charge is 0.287 e. The van der Waals surface area contributed by atoms with E-state index in [2.05, 4.69) is 20.5 Å². The minimum absolute atomic E-state index is 0.118. The van der Waals surface area contributed by atoms with Crippen LogP contribution in [0.2, 0.25) is 0 Å². The van der Waals surface area contributed by atoms with E-state index < -0.39 is 9.85 Å². The molecule has 2 aromatic heterocycles. The topological polar surface area (TPSA) is 155 Å². The first kappa shape index (κ1) is 20.1. The van der Waals surface area contributed by atoms with Crippen molar-refractivity contribution in [3.63, 3.8) is 0 Å². The highest BCUT2D eigenvalue weighted by Crippen LogP contribution is 2.31. The summed E-state index contributed by atoms with van der Waals surface area (Å²) in [7, 11) is 1.46. The monoisotopic (exact) mass is 410 g/mol. The van der Waals surface area contributed by atoms with Crippen molar-refractivity contribution in [3.8, 4) is 17.4 Å². The van der Waals surface area contributed by atoms with Crippen molar-refractivity contribution in [1.29, 1.82) is 0 Å². The Morgan fingerprint density at radius 1 is 0.967 bits per heavy atom. The normalized spacial score (nSPS) is 10.6. The summed E-state index contributed by atoms with van der Waals surface area (Å²) >= 11 is 0. The molecule has 0 saturated heterocycles. The molecule has 0 saturated carbocycles. The fourth-order valence-corrected chi connectivity index (χ4v) is 2.24. The van der Waals surface area contributed by atoms with E-state index in [-0.39, 0.29) is 17.3 Å². The molecule has 0 atom stereocenters. The molecule has 0 radical (unpaired) electrons. The number of aromatic nitrogens is 2. The van der Waals surface area contributed by atoms with Crippen LogP contribution in [0.15, 0.2) is 60.0 Å². The van der Waals surface area contributed by atoms with Gasteiger partial charge in [-0.3, -0.25) is 25.7 Å². The molecule has 1 aromatic carbocycles. The highest BCUT2D eigenvalue weighted by atomic mass is 16.6. The predicted molar refractivity (Wildman–Crippen MR) is 106 cm³/mol. The first-order valence-corrected chi connectivity index (χ1v) is 8.32. The Balaban J connectivity index is 1.67. The van der Waals surface area contributed by atoms with Gasteiger partial charge < -0.3 is 9.47 Å². The van der Waals surface area contributed by atoms with Crippen LogP contribution in [0.4, 0.5) is 17.2 Å². The van der Waals surface area contributed by atoms with Gasteiger partial charge in [0.1, 0.15) is 18.2 Å². The van der Waals surface area contributed by atoms with Gasteiger partial charge in [-0.15, -0.1) is 0 Å². The third-order valence-corrected chi connectivity index (χ3v) is 3.69. The number of hydrogen-bond donors (Lipinski definition) is 1. The number of hydrazone groups is 1. The molecular weight excluding hydrogens is 396 g/mol. The highest BCUT2D eigenvalue weighted by Gasteiger charge is 2.10. The Bertz CT molecular complexity index is 1090. The molecule has 152 valence electrons. The number of benzene rings is 1. The average molecular weight is 410 g/mol. The lowest BCUT2D eigenvalue weighted by Gasteiger charge is -2.10. The Morgan fingerprint density at radius 2 is 1.67 bits per heavy atom. The molecule has 0 aliphatic rings. The molecule has 3 aromatic rings. The van der Waals surface area contributed by atoms with E-state index in [1.165, 1.54) is 37.6 Å². The number of nitrogens with zero attached hydrogens (tertiary/aromatic N) is 5. The van der Waals surface area contributed by atoms with Crippen LogP contribution in [0.3, 0.4) is 0 Å². The Hall–Kier alpha value is -4.61. The molecule has 0 aliphatic carbocycles. The van der Waals surface area contributed by atoms with Crippen LogP contribution in [0.25, 0.3) is 0 Å². The number of nitro groups is 2. The van der Waals surface area contributed by atoms with Gasteiger partial charge in [-0.1, -0.05) is 0 Å². The van der Waals surface area contributed by atoms with E-state index in [4.69, 9.17) is 9.47 Å². The van der Waals surface area contributed by atoms with Gasteiger partial charge in [-0.2, -0.15) is 5.10 Å².